The molecule has 1 aromatic heterocycles. The number of hydrogen-bond acceptors (Lipinski definition) is 5. The van der Waals surface area contributed by atoms with Crippen molar-refractivity contribution < 1.29 is 19.1 Å². The maximum absolute atomic E-state index is 13.0. The van der Waals surface area contributed by atoms with Gasteiger partial charge in [0.15, 0.2) is 6.61 Å². The van der Waals surface area contributed by atoms with Gasteiger partial charge in [-0.2, -0.15) is 0 Å². The molecule has 0 aliphatic carbocycles. The predicted molar refractivity (Wildman–Crippen MR) is 122 cm³/mol. The van der Waals surface area contributed by atoms with Gasteiger partial charge in [0.1, 0.15) is 0 Å². The second-order valence-corrected chi connectivity index (χ2v) is 9.39. The quantitative estimate of drug-likeness (QED) is 0.651. The summed E-state index contributed by atoms with van der Waals surface area (Å²) in [5, 5.41) is 4.78. The molecule has 1 N–H and O–H groups in total. The van der Waals surface area contributed by atoms with E-state index in [-0.39, 0.29) is 36.8 Å². The fourth-order valence-corrected chi connectivity index (χ4v) is 4.52. The standard InChI is InChI=1S/C24H30N2O4S/c1-15(2)17(4)25-21(27)14-30-24(29)19-11-12-22(28)26(18-9-7-16(3)8-10-18)23(19)20-6-5-13-31-20/h5-10,13,15,17,19,23H,11-12,14H2,1-4H3,(H,25,27). The number of aryl methyl sites for hydroxylation is 1. The number of carbonyl (C=O) groups is 3. The number of carbonyl (C=O) groups excluding carboxylic acids is 3. The maximum Gasteiger partial charge on any atom is 0.311 e. The van der Waals surface area contributed by atoms with Crippen LogP contribution in [0.3, 0.4) is 0 Å². The third-order valence-electron chi connectivity index (χ3n) is 5.78. The molecule has 1 aliphatic rings. The number of thiophene rings is 1. The summed E-state index contributed by atoms with van der Waals surface area (Å²) in [6.45, 7) is 7.62. The SMILES string of the molecule is Cc1ccc(N2C(=O)CCC(C(=O)OCC(=O)NC(C)C(C)C)C2c2cccs2)cc1. The molecular formula is C24H30N2O4S. The highest BCUT2D eigenvalue weighted by Crippen LogP contribution is 2.42. The second-order valence-electron chi connectivity index (χ2n) is 8.41. The molecule has 7 heteroatoms. The van der Waals surface area contributed by atoms with E-state index >= 15 is 0 Å². The Hall–Kier alpha value is -2.67. The van der Waals surface area contributed by atoms with Crippen molar-refractivity contribution in [3.05, 3.63) is 52.2 Å². The largest absolute Gasteiger partial charge is 0.455 e. The van der Waals surface area contributed by atoms with Gasteiger partial charge in [-0.15, -0.1) is 11.3 Å². The summed E-state index contributed by atoms with van der Waals surface area (Å²) in [5.74, 6) is -1.03. The molecule has 2 amide bonds. The Labute approximate surface area is 187 Å². The first-order valence-electron chi connectivity index (χ1n) is 10.7. The molecule has 166 valence electrons. The molecule has 3 unspecified atom stereocenters. The number of ether oxygens (including phenoxy) is 1. The summed E-state index contributed by atoms with van der Waals surface area (Å²) in [6.07, 6.45) is 0.651. The lowest BCUT2D eigenvalue weighted by atomic mass is 9.87. The van der Waals surface area contributed by atoms with Gasteiger partial charge in [-0.25, -0.2) is 0 Å². The number of anilines is 1. The van der Waals surface area contributed by atoms with Crippen LogP contribution in [-0.2, 0) is 19.1 Å². The summed E-state index contributed by atoms with van der Waals surface area (Å²) in [4.78, 5) is 40.8. The maximum atomic E-state index is 13.0. The molecule has 0 spiro atoms. The molecular weight excluding hydrogens is 412 g/mol. The van der Waals surface area contributed by atoms with Crippen molar-refractivity contribution in [1.82, 2.24) is 5.32 Å². The highest BCUT2D eigenvalue weighted by molar-refractivity contribution is 7.10. The van der Waals surface area contributed by atoms with Crippen molar-refractivity contribution in [1.29, 1.82) is 0 Å². The van der Waals surface area contributed by atoms with Crippen LogP contribution in [0.2, 0.25) is 0 Å². The van der Waals surface area contributed by atoms with Gasteiger partial charge in [-0.1, -0.05) is 37.6 Å². The van der Waals surface area contributed by atoms with Crippen molar-refractivity contribution in [3.63, 3.8) is 0 Å². The minimum atomic E-state index is -0.534. The molecule has 1 saturated heterocycles. The molecule has 0 saturated carbocycles. The highest BCUT2D eigenvalue weighted by atomic mass is 32.1. The Kier molecular flexibility index (Phi) is 7.49. The van der Waals surface area contributed by atoms with Crippen LogP contribution in [0.4, 0.5) is 5.69 Å². The molecule has 1 aliphatic heterocycles. The minimum absolute atomic E-state index is 0.00519. The monoisotopic (exact) mass is 442 g/mol. The summed E-state index contributed by atoms with van der Waals surface area (Å²) in [7, 11) is 0. The van der Waals surface area contributed by atoms with Gasteiger partial charge in [0.05, 0.1) is 12.0 Å². The van der Waals surface area contributed by atoms with Gasteiger partial charge in [-0.3, -0.25) is 14.4 Å². The molecule has 1 fully saturated rings. The van der Waals surface area contributed by atoms with Crippen LogP contribution in [-0.4, -0.2) is 30.4 Å². The van der Waals surface area contributed by atoms with E-state index < -0.39 is 17.9 Å². The molecule has 0 radical (unpaired) electrons. The fraction of sp³-hybridized carbons (Fsp3) is 0.458. The summed E-state index contributed by atoms with van der Waals surface area (Å²) < 4.78 is 5.41. The van der Waals surface area contributed by atoms with Crippen molar-refractivity contribution in [2.45, 2.75) is 52.6 Å². The van der Waals surface area contributed by atoms with E-state index in [0.29, 0.717) is 6.42 Å². The number of nitrogens with one attached hydrogen (secondary N) is 1. The van der Waals surface area contributed by atoms with Gasteiger partial charge in [0.25, 0.3) is 5.91 Å². The number of benzene rings is 1. The van der Waals surface area contributed by atoms with E-state index in [9.17, 15) is 14.4 Å². The first-order chi connectivity index (χ1) is 14.8. The molecule has 6 nitrogen and oxygen atoms in total. The highest BCUT2D eigenvalue weighted by Gasteiger charge is 2.43. The Morgan fingerprint density at radius 2 is 1.90 bits per heavy atom. The molecule has 2 heterocycles. The molecule has 0 bridgehead atoms. The first-order valence-corrected chi connectivity index (χ1v) is 11.5. The second kappa shape index (κ2) is 10.1. The zero-order chi connectivity index (χ0) is 22.5. The molecule has 3 rings (SSSR count). The van der Waals surface area contributed by atoms with Crippen molar-refractivity contribution >= 4 is 34.8 Å². The average molecular weight is 443 g/mol. The number of hydrogen-bond donors (Lipinski definition) is 1. The van der Waals surface area contributed by atoms with E-state index in [2.05, 4.69) is 5.32 Å². The van der Waals surface area contributed by atoms with Crippen LogP contribution >= 0.6 is 11.3 Å². The average Bonchev–Trinajstić information content (AvgIpc) is 3.27. The fourth-order valence-electron chi connectivity index (χ4n) is 3.64. The zero-order valence-corrected chi connectivity index (χ0v) is 19.3. The lowest BCUT2D eigenvalue weighted by Crippen LogP contribution is -2.46. The Morgan fingerprint density at radius 1 is 1.19 bits per heavy atom. The van der Waals surface area contributed by atoms with E-state index in [1.807, 2.05) is 69.5 Å². The summed E-state index contributed by atoms with van der Waals surface area (Å²) >= 11 is 1.51. The van der Waals surface area contributed by atoms with Gasteiger partial charge < -0.3 is 15.0 Å². The first kappa shape index (κ1) is 23.0. The molecule has 1 aromatic carbocycles. The van der Waals surface area contributed by atoms with Gasteiger partial charge >= 0.3 is 5.97 Å². The van der Waals surface area contributed by atoms with Crippen LogP contribution in [0.1, 0.15) is 50.1 Å². The summed E-state index contributed by atoms with van der Waals surface area (Å²) in [5.41, 5.74) is 1.86. The molecule has 2 aromatic rings. The number of rotatable bonds is 7. The Morgan fingerprint density at radius 3 is 2.52 bits per heavy atom. The lowest BCUT2D eigenvalue weighted by molar-refractivity contribution is -0.154. The third-order valence-corrected chi connectivity index (χ3v) is 6.72. The minimum Gasteiger partial charge on any atom is -0.455 e. The smallest absolute Gasteiger partial charge is 0.311 e. The summed E-state index contributed by atoms with van der Waals surface area (Å²) in [6, 6.07) is 11.1. The van der Waals surface area contributed by atoms with Crippen LogP contribution in [0, 0.1) is 18.8 Å². The third kappa shape index (κ3) is 5.53. The number of amides is 2. The number of nitrogens with zero attached hydrogens (tertiary/aromatic N) is 1. The van der Waals surface area contributed by atoms with Crippen molar-refractivity contribution in [3.8, 4) is 0 Å². The number of piperidine rings is 1. The van der Waals surface area contributed by atoms with E-state index in [4.69, 9.17) is 4.74 Å². The van der Waals surface area contributed by atoms with Crippen LogP contribution in [0.5, 0.6) is 0 Å². The van der Waals surface area contributed by atoms with E-state index in [0.717, 1.165) is 16.1 Å². The van der Waals surface area contributed by atoms with E-state index in [1.165, 1.54) is 11.3 Å². The predicted octanol–water partition coefficient (Wildman–Crippen LogP) is 4.24. The molecule has 31 heavy (non-hydrogen) atoms. The van der Waals surface area contributed by atoms with Crippen LogP contribution in [0.15, 0.2) is 41.8 Å². The normalized spacial score (nSPS) is 19.9. The molecule has 3 atom stereocenters. The lowest BCUT2D eigenvalue weighted by Gasteiger charge is -2.39. The topological polar surface area (TPSA) is 75.7 Å². The Balaban J connectivity index is 1.80. The van der Waals surface area contributed by atoms with Crippen LogP contribution in [0.25, 0.3) is 0 Å². The Bertz CT molecular complexity index is 908. The van der Waals surface area contributed by atoms with Gasteiger partial charge in [0, 0.05) is 23.0 Å². The zero-order valence-electron chi connectivity index (χ0n) is 18.5. The van der Waals surface area contributed by atoms with Crippen LogP contribution < -0.4 is 10.2 Å². The van der Waals surface area contributed by atoms with Crippen molar-refractivity contribution in [2.75, 3.05) is 11.5 Å². The van der Waals surface area contributed by atoms with Gasteiger partial charge in [0.2, 0.25) is 5.91 Å². The van der Waals surface area contributed by atoms with Gasteiger partial charge in [-0.05, 0) is 49.8 Å². The van der Waals surface area contributed by atoms with E-state index in [1.54, 1.807) is 4.90 Å². The number of esters is 1. The van der Waals surface area contributed by atoms with Crippen molar-refractivity contribution in [2.24, 2.45) is 11.8 Å².